The molecule has 0 saturated heterocycles. The van der Waals surface area contributed by atoms with E-state index in [4.69, 9.17) is 29.1 Å². The highest BCUT2D eigenvalue weighted by Crippen LogP contribution is 2.46. The first-order valence-electron chi connectivity index (χ1n) is 31.0. The maximum Gasteiger partial charge on any atom is 0.407 e. The summed E-state index contributed by atoms with van der Waals surface area (Å²) in [5.74, 6) is -1.71. The van der Waals surface area contributed by atoms with E-state index >= 15 is 0 Å². The number of sulfonamides is 1. The van der Waals surface area contributed by atoms with Crippen LogP contribution < -0.4 is 45.5 Å². The molecule has 4 amide bonds. The smallest absolute Gasteiger partial charge is 0.407 e. The number of alkyl carbamates (subject to hydrolysis) is 1. The van der Waals surface area contributed by atoms with E-state index in [1.54, 1.807) is 71.9 Å². The van der Waals surface area contributed by atoms with Crippen molar-refractivity contribution in [1.29, 1.82) is 5.41 Å². The van der Waals surface area contributed by atoms with Crippen LogP contribution in [-0.2, 0) is 51.7 Å². The summed E-state index contributed by atoms with van der Waals surface area (Å²) in [5.41, 5.74) is 3.50. The van der Waals surface area contributed by atoms with E-state index in [2.05, 4.69) is 44.8 Å². The molecular formula is C71H89N7O12S. The molecule has 0 radical (unpaired) electrons. The van der Waals surface area contributed by atoms with E-state index < -0.39 is 87.7 Å². The molecule has 0 fully saturated rings. The minimum absolute atomic E-state index is 0.0240. The van der Waals surface area contributed by atoms with Crippen LogP contribution in [0.2, 0.25) is 0 Å². The first-order valence-corrected chi connectivity index (χ1v) is 32.5. The summed E-state index contributed by atoms with van der Waals surface area (Å²) in [5, 5.41) is 26.4. The molecule has 0 spiro atoms. The number of hydrogen-bond donors (Lipinski definition) is 7. The van der Waals surface area contributed by atoms with Crippen LogP contribution in [0.1, 0.15) is 122 Å². The maximum atomic E-state index is 14.9. The standard InChI is InChI=1S/C71H89N7O12S/c1-13-15-40-86-58-37-35-50-29-19-21-31-52(50)61(58)62-53-32-22-20-30-51(53)36-38-59(62)87-43-60(79)75-55(33-23-26-45(4)74-69(83)90-70(8,9)10)65(80)76-56(66(81)77-57(25-14-2)67(82)88-42-49-27-17-16-18-28-49)34-24-39-73-68(72)78-91(84,85)64-47(6)46(5)63-54(48(64)7)41-44(3)71(11,12)89-63/h13-22,27-32,35-38,44-45,55-57H,2,23-26,33-34,39-43H2,1,3-12H3,(H,74,83)(H,75,79)(H,76,80)(H,77,81)(H3,72,73,78)/b15-13+/t44-,45+,55-,56-,57+/m1/s1. The number of allylic oxidation sites excluding steroid dienone is 1. The molecule has 0 aliphatic carbocycles. The van der Waals surface area contributed by atoms with Crippen LogP contribution in [0.5, 0.6) is 17.2 Å². The molecule has 0 unspecified atom stereocenters. The van der Waals surface area contributed by atoms with E-state index in [-0.39, 0.29) is 49.6 Å². The average molecular weight is 1260 g/mol. The predicted molar refractivity (Wildman–Crippen MR) is 356 cm³/mol. The Morgan fingerprint density at radius 3 is 1.95 bits per heavy atom. The number of guanidine groups is 1. The molecule has 91 heavy (non-hydrogen) atoms. The second-order valence-corrected chi connectivity index (χ2v) is 26.3. The van der Waals surface area contributed by atoms with Crippen LogP contribution in [0.25, 0.3) is 32.7 Å². The van der Waals surface area contributed by atoms with E-state index in [0.717, 1.165) is 38.2 Å². The van der Waals surface area contributed by atoms with E-state index in [1.807, 2.05) is 113 Å². The van der Waals surface area contributed by atoms with Gasteiger partial charge in [0.1, 0.15) is 59.8 Å². The molecule has 0 aromatic heterocycles. The molecule has 6 aromatic carbocycles. The van der Waals surface area contributed by atoms with Gasteiger partial charge in [0.2, 0.25) is 17.8 Å². The highest BCUT2D eigenvalue weighted by atomic mass is 32.2. The van der Waals surface area contributed by atoms with Gasteiger partial charge in [0.25, 0.3) is 15.9 Å². The third kappa shape index (κ3) is 18.6. The van der Waals surface area contributed by atoms with Crippen LogP contribution in [-0.4, -0.2) is 99.3 Å². The number of fused-ring (bicyclic) bond motifs is 3. The lowest BCUT2D eigenvalue weighted by molar-refractivity contribution is -0.149. The van der Waals surface area contributed by atoms with Crippen molar-refractivity contribution in [3.05, 3.63) is 156 Å². The normalized spacial score (nSPS) is 15.0. The first-order chi connectivity index (χ1) is 43.2. The molecule has 7 rings (SSSR count). The number of hydrogen-bond acceptors (Lipinski definition) is 13. The van der Waals surface area contributed by atoms with Crippen LogP contribution in [0.4, 0.5) is 4.79 Å². The first kappa shape index (κ1) is 69.6. The number of rotatable bonds is 28. The van der Waals surface area contributed by atoms with E-state index in [1.165, 1.54) is 6.08 Å². The zero-order chi connectivity index (χ0) is 66.2. The van der Waals surface area contributed by atoms with Gasteiger partial charge in [-0.2, -0.15) is 0 Å². The van der Waals surface area contributed by atoms with Crippen LogP contribution in [0, 0.1) is 32.1 Å². The zero-order valence-electron chi connectivity index (χ0n) is 54.2. The SMILES string of the molecule is C=CC[C@H](NC(=O)[C@@H](CCCNC(=N)NS(=O)(=O)c1c(C)c(C)c2c(c1C)C[C@@H](C)C(C)(C)O2)NC(=O)[C@@H](CCC[C@H](C)NC(=O)OC(C)(C)C)NC(=O)COc1ccc2ccccc2c1-c1c(OC/C=C/C)ccc2ccccc12)C(=O)OCc1ccccc1. The molecule has 1 heterocycles. The van der Waals surface area contributed by atoms with Gasteiger partial charge in [-0.3, -0.25) is 19.8 Å². The minimum atomic E-state index is -4.30. The van der Waals surface area contributed by atoms with Gasteiger partial charge in [-0.1, -0.05) is 116 Å². The summed E-state index contributed by atoms with van der Waals surface area (Å²) in [6.07, 6.45) is 5.90. The Labute approximate surface area is 535 Å². The third-order valence-electron chi connectivity index (χ3n) is 16.2. The van der Waals surface area contributed by atoms with Crippen molar-refractivity contribution in [3.8, 4) is 28.4 Å². The second-order valence-electron chi connectivity index (χ2n) is 24.7. The van der Waals surface area contributed by atoms with Crippen molar-refractivity contribution in [3.63, 3.8) is 0 Å². The monoisotopic (exact) mass is 1260 g/mol. The van der Waals surface area contributed by atoms with Gasteiger partial charge < -0.3 is 50.3 Å². The molecule has 0 bridgehead atoms. The number of benzene rings is 6. The molecule has 5 atom stereocenters. The molecular weight excluding hydrogens is 1170 g/mol. The van der Waals surface area contributed by atoms with Crippen molar-refractivity contribution in [2.45, 2.75) is 168 Å². The summed E-state index contributed by atoms with van der Waals surface area (Å²) in [7, 11) is -4.30. The van der Waals surface area contributed by atoms with Crippen molar-refractivity contribution in [2.75, 3.05) is 19.8 Å². The fourth-order valence-corrected chi connectivity index (χ4v) is 12.5. The van der Waals surface area contributed by atoms with Crippen molar-refractivity contribution >= 4 is 67.3 Å². The van der Waals surface area contributed by atoms with Gasteiger partial charge in [-0.05, 0) is 182 Å². The maximum absolute atomic E-state index is 14.9. The van der Waals surface area contributed by atoms with Crippen LogP contribution >= 0.6 is 0 Å². The van der Waals surface area contributed by atoms with Gasteiger partial charge in [0.15, 0.2) is 6.61 Å². The van der Waals surface area contributed by atoms with Crippen molar-refractivity contribution in [1.82, 2.24) is 31.3 Å². The highest BCUT2D eigenvalue weighted by Gasteiger charge is 2.39. The van der Waals surface area contributed by atoms with Gasteiger partial charge in [-0.25, -0.2) is 22.7 Å². The third-order valence-corrected chi connectivity index (χ3v) is 17.8. The molecule has 486 valence electrons. The lowest BCUT2D eigenvalue weighted by atomic mass is 9.81. The molecule has 1 aliphatic heterocycles. The number of ether oxygens (including phenoxy) is 5. The Kier molecular flexibility index (Phi) is 23.9. The van der Waals surface area contributed by atoms with Gasteiger partial charge in [-0.15, -0.1) is 6.58 Å². The molecule has 7 N–H and O–H groups in total. The Bertz CT molecular complexity index is 3770. The lowest BCUT2D eigenvalue weighted by Gasteiger charge is -2.40. The van der Waals surface area contributed by atoms with E-state index in [9.17, 15) is 32.4 Å². The predicted octanol–water partition coefficient (Wildman–Crippen LogP) is 11.4. The number of carbonyl (C=O) groups is 5. The van der Waals surface area contributed by atoms with Gasteiger partial charge in [0, 0.05) is 23.7 Å². The Morgan fingerprint density at radius 2 is 1.33 bits per heavy atom. The Morgan fingerprint density at radius 1 is 0.747 bits per heavy atom. The summed E-state index contributed by atoms with van der Waals surface area (Å²) >= 11 is 0. The summed E-state index contributed by atoms with van der Waals surface area (Å²) < 4.78 is 61.1. The fraction of sp³-hybridized carbons (Fsp3) is 0.408. The molecule has 0 saturated carbocycles. The lowest BCUT2D eigenvalue weighted by Crippen LogP contribution is -2.56. The fourth-order valence-electron chi connectivity index (χ4n) is 11.0. The Hall–Kier alpha value is -8.91. The number of carbonyl (C=O) groups excluding carboxylic acids is 5. The summed E-state index contributed by atoms with van der Waals surface area (Å²) in [6, 6.07) is 28.1. The van der Waals surface area contributed by atoms with E-state index in [0.29, 0.717) is 65.4 Å². The number of esters is 1. The largest absolute Gasteiger partial charge is 0.489 e. The highest BCUT2D eigenvalue weighted by molar-refractivity contribution is 7.90. The quantitative estimate of drug-likeness (QED) is 0.00793. The zero-order valence-corrected chi connectivity index (χ0v) is 55.0. The van der Waals surface area contributed by atoms with Gasteiger partial charge >= 0.3 is 12.1 Å². The second kappa shape index (κ2) is 31.2. The van der Waals surface area contributed by atoms with Crippen molar-refractivity contribution < 1.29 is 56.1 Å². The molecule has 1 aliphatic rings. The van der Waals surface area contributed by atoms with Crippen molar-refractivity contribution in [2.24, 2.45) is 5.92 Å². The Balaban J connectivity index is 1.14. The summed E-state index contributed by atoms with van der Waals surface area (Å²) in [6.45, 7) is 23.8. The number of amides is 4. The minimum Gasteiger partial charge on any atom is -0.489 e. The molecule has 19 nitrogen and oxygen atoms in total. The van der Waals surface area contributed by atoms with Crippen LogP contribution in [0.3, 0.4) is 0 Å². The van der Waals surface area contributed by atoms with Crippen LogP contribution in [0.15, 0.2) is 133 Å². The van der Waals surface area contributed by atoms with Gasteiger partial charge in [0.05, 0.1) is 4.90 Å². The summed E-state index contributed by atoms with van der Waals surface area (Å²) in [4.78, 5) is 70.4. The topological polar surface area (TPSA) is 262 Å². The average Bonchev–Trinajstić information content (AvgIpc) is 0.787. The molecule has 20 heteroatoms. The number of nitrogens with one attached hydrogen (secondary N) is 7. The molecule has 6 aromatic rings.